The molecule has 1 aliphatic rings. The minimum absolute atomic E-state index is 0.115. The van der Waals surface area contributed by atoms with Gasteiger partial charge in [0.05, 0.1) is 15.9 Å². The molecule has 152 valence electrons. The lowest BCUT2D eigenvalue weighted by Gasteiger charge is -2.14. The highest BCUT2D eigenvalue weighted by molar-refractivity contribution is 8.26. The first-order valence-electron chi connectivity index (χ1n) is 9.03. The molecule has 0 bridgehead atoms. The molecule has 2 aromatic carbocycles. The van der Waals surface area contributed by atoms with E-state index in [9.17, 15) is 14.0 Å². The van der Waals surface area contributed by atoms with Gasteiger partial charge in [-0.25, -0.2) is 9.37 Å². The minimum atomic E-state index is -0.338. The monoisotopic (exact) mass is 457 g/mol. The van der Waals surface area contributed by atoms with Crippen molar-refractivity contribution in [2.24, 2.45) is 0 Å². The number of benzene rings is 2. The Morgan fingerprint density at radius 2 is 1.97 bits per heavy atom. The van der Waals surface area contributed by atoms with Gasteiger partial charge in [0.15, 0.2) is 5.16 Å². The van der Waals surface area contributed by atoms with Gasteiger partial charge in [0, 0.05) is 13.0 Å². The van der Waals surface area contributed by atoms with Crippen molar-refractivity contribution in [2.75, 3.05) is 12.8 Å². The van der Waals surface area contributed by atoms with E-state index in [0.717, 1.165) is 11.0 Å². The van der Waals surface area contributed by atoms with Crippen molar-refractivity contribution in [3.8, 4) is 0 Å². The minimum Gasteiger partial charge on any atom is -0.292 e. The molecule has 4 rings (SSSR count). The summed E-state index contributed by atoms with van der Waals surface area (Å²) in [6, 6.07) is 13.3. The maximum Gasteiger partial charge on any atom is 0.266 e. The Morgan fingerprint density at radius 1 is 1.23 bits per heavy atom. The van der Waals surface area contributed by atoms with Crippen LogP contribution in [0.1, 0.15) is 16.8 Å². The van der Waals surface area contributed by atoms with Crippen LogP contribution in [0.4, 0.5) is 4.39 Å². The second kappa shape index (κ2) is 8.71. The predicted octanol–water partition coefficient (Wildman–Crippen LogP) is 4.83. The van der Waals surface area contributed by atoms with Crippen molar-refractivity contribution in [1.82, 2.24) is 14.5 Å². The van der Waals surface area contributed by atoms with E-state index in [1.807, 2.05) is 30.5 Å². The maximum absolute atomic E-state index is 13.1. The zero-order chi connectivity index (χ0) is 21.3. The quantitative estimate of drug-likeness (QED) is 0.311. The highest BCUT2D eigenvalue weighted by atomic mass is 32.2. The van der Waals surface area contributed by atoms with Crippen molar-refractivity contribution < 1.29 is 14.0 Å². The third-order valence-electron chi connectivity index (χ3n) is 4.55. The standard InChI is InChI=1S/C21H16FN3O2S3/c1-29-20-23-15-4-2-3-5-16(15)25(20)18(26)10-11-24-19(27)17(30-21(24)28)12-13-6-8-14(22)9-7-13/h2-9,12H,10-11H2,1H3/b17-12-. The molecule has 0 aliphatic carbocycles. The average Bonchev–Trinajstić information content (AvgIpc) is 3.25. The van der Waals surface area contributed by atoms with Gasteiger partial charge in [-0.3, -0.25) is 19.1 Å². The third kappa shape index (κ3) is 4.05. The molecule has 2 heterocycles. The van der Waals surface area contributed by atoms with Crippen molar-refractivity contribution >= 4 is 69.0 Å². The van der Waals surface area contributed by atoms with Crippen LogP contribution < -0.4 is 0 Å². The molecule has 1 fully saturated rings. The van der Waals surface area contributed by atoms with E-state index < -0.39 is 0 Å². The third-order valence-corrected chi connectivity index (χ3v) is 6.57. The van der Waals surface area contributed by atoms with Gasteiger partial charge in [-0.05, 0) is 42.2 Å². The van der Waals surface area contributed by atoms with Crippen LogP contribution in [0, 0.1) is 5.82 Å². The number of aromatic nitrogens is 2. The van der Waals surface area contributed by atoms with Gasteiger partial charge in [0.25, 0.3) is 5.91 Å². The van der Waals surface area contributed by atoms with Gasteiger partial charge < -0.3 is 0 Å². The summed E-state index contributed by atoms with van der Waals surface area (Å²) in [4.78, 5) is 32.1. The summed E-state index contributed by atoms with van der Waals surface area (Å²) in [6.45, 7) is 0.185. The topological polar surface area (TPSA) is 55.2 Å². The van der Waals surface area contributed by atoms with Crippen molar-refractivity contribution in [1.29, 1.82) is 0 Å². The average molecular weight is 458 g/mol. The fourth-order valence-corrected chi connectivity index (χ4v) is 4.99. The van der Waals surface area contributed by atoms with Gasteiger partial charge in [-0.15, -0.1) is 0 Å². The SMILES string of the molecule is CSc1nc2ccccc2n1C(=O)CCN1C(=O)/C(=C/c2ccc(F)cc2)SC1=S. The van der Waals surface area contributed by atoms with Gasteiger partial charge in [0.2, 0.25) is 5.91 Å². The number of hydrogen-bond donors (Lipinski definition) is 0. The predicted molar refractivity (Wildman–Crippen MR) is 123 cm³/mol. The zero-order valence-electron chi connectivity index (χ0n) is 15.9. The van der Waals surface area contributed by atoms with Gasteiger partial charge in [-0.1, -0.05) is 60.0 Å². The normalized spacial score (nSPS) is 15.5. The summed E-state index contributed by atoms with van der Waals surface area (Å²) >= 11 is 7.92. The highest BCUT2D eigenvalue weighted by Gasteiger charge is 2.32. The molecule has 0 radical (unpaired) electrons. The van der Waals surface area contributed by atoms with Crippen LogP contribution >= 0.6 is 35.7 Å². The van der Waals surface area contributed by atoms with E-state index in [4.69, 9.17) is 12.2 Å². The summed E-state index contributed by atoms with van der Waals surface area (Å²) < 4.78 is 15.1. The number of nitrogens with zero attached hydrogens (tertiary/aromatic N) is 3. The van der Waals surface area contributed by atoms with Gasteiger partial charge in [-0.2, -0.15) is 0 Å². The lowest BCUT2D eigenvalue weighted by molar-refractivity contribution is -0.122. The Bertz CT molecular complexity index is 1190. The first-order chi connectivity index (χ1) is 14.5. The number of carbonyl (C=O) groups excluding carboxylic acids is 2. The number of carbonyl (C=O) groups is 2. The van der Waals surface area contributed by atoms with Gasteiger partial charge >= 0.3 is 0 Å². The number of thioether (sulfide) groups is 2. The zero-order valence-corrected chi connectivity index (χ0v) is 18.3. The second-order valence-electron chi connectivity index (χ2n) is 6.45. The maximum atomic E-state index is 13.1. The molecule has 0 spiro atoms. The molecule has 5 nitrogen and oxygen atoms in total. The number of rotatable bonds is 5. The molecule has 1 saturated heterocycles. The van der Waals surface area contributed by atoms with E-state index in [1.54, 1.807) is 22.8 Å². The van der Waals surface area contributed by atoms with Crippen LogP contribution in [0.2, 0.25) is 0 Å². The first-order valence-corrected chi connectivity index (χ1v) is 11.5. The van der Waals surface area contributed by atoms with Crippen LogP contribution in [-0.4, -0.2) is 43.4 Å². The van der Waals surface area contributed by atoms with Crippen LogP contribution in [0.15, 0.2) is 58.6 Å². The number of hydrogen-bond acceptors (Lipinski definition) is 6. The van der Waals surface area contributed by atoms with E-state index in [-0.39, 0.29) is 30.6 Å². The van der Waals surface area contributed by atoms with Crippen molar-refractivity contribution in [3.63, 3.8) is 0 Å². The molecule has 1 amide bonds. The summed E-state index contributed by atoms with van der Waals surface area (Å²) in [5.41, 5.74) is 2.21. The second-order valence-corrected chi connectivity index (χ2v) is 8.90. The van der Waals surface area contributed by atoms with Crippen LogP contribution in [-0.2, 0) is 4.79 Å². The largest absolute Gasteiger partial charge is 0.292 e. The molecular weight excluding hydrogens is 441 g/mol. The van der Waals surface area contributed by atoms with Crippen molar-refractivity contribution in [2.45, 2.75) is 11.6 Å². The number of halogens is 1. The van der Waals surface area contributed by atoms with E-state index >= 15 is 0 Å². The number of para-hydroxylation sites is 2. The number of amides is 1. The van der Waals surface area contributed by atoms with Crippen LogP contribution in [0.25, 0.3) is 17.1 Å². The molecule has 0 saturated carbocycles. The summed E-state index contributed by atoms with van der Waals surface area (Å²) in [5.74, 6) is -0.734. The fourth-order valence-electron chi connectivity index (χ4n) is 3.10. The molecule has 9 heteroatoms. The number of imidazole rings is 1. The smallest absolute Gasteiger partial charge is 0.266 e. The van der Waals surface area contributed by atoms with Crippen LogP contribution in [0.3, 0.4) is 0 Å². The Morgan fingerprint density at radius 3 is 2.70 bits per heavy atom. The van der Waals surface area contributed by atoms with E-state index in [2.05, 4.69) is 4.98 Å². The molecule has 30 heavy (non-hydrogen) atoms. The van der Waals surface area contributed by atoms with E-state index in [0.29, 0.717) is 19.9 Å². The lowest BCUT2D eigenvalue weighted by atomic mass is 10.2. The number of fused-ring (bicyclic) bond motifs is 1. The molecule has 0 atom stereocenters. The van der Waals surface area contributed by atoms with E-state index in [1.165, 1.54) is 40.6 Å². The lowest BCUT2D eigenvalue weighted by Crippen LogP contribution is -2.31. The Balaban J connectivity index is 1.50. The fraction of sp³-hybridized carbons (Fsp3) is 0.143. The Hall–Kier alpha value is -2.49. The molecule has 1 aromatic heterocycles. The number of thiocarbonyl (C=S) groups is 1. The molecule has 0 N–H and O–H groups in total. The van der Waals surface area contributed by atoms with Crippen LogP contribution in [0.5, 0.6) is 0 Å². The summed E-state index contributed by atoms with van der Waals surface area (Å²) in [6.07, 6.45) is 3.66. The molecule has 1 aliphatic heterocycles. The summed E-state index contributed by atoms with van der Waals surface area (Å²) in [5, 5.41) is 0.614. The first kappa shape index (κ1) is 20.8. The Kier molecular flexibility index (Phi) is 6.03. The molecular formula is C21H16FN3O2S3. The highest BCUT2D eigenvalue weighted by Crippen LogP contribution is 2.33. The summed E-state index contributed by atoms with van der Waals surface area (Å²) in [7, 11) is 0. The Labute approximate surface area is 186 Å². The molecule has 3 aromatic rings. The van der Waals surface area contributed by atoms with Crippen molar-refractivity contribution in [3.05, 3.63) is 64.8 Å². The molecule has 0 unspecified atom stereocenters. The van der Waals surface area contributed by atoms with Gasteiger partial charge in [0.1, 0.15) is 10.1 Å².